The smallest absolute Gasteiger partial charge is 0.274 e. The zero-order valence-electron chi connectivity index (χ0n) is 17.0. The van der Waals surface area contributed by atoms with Crippen molar-refractivity contribution in [1.82, 2.24) is 14.9 Å². The third kappa shape index (κ3) is 3.62. The summed E-state index contributed by atoms with van der Waals surface area (Å²) in [6.45, 7) is 2.03. The highest BCUT2D eigenvalue weighted by molar-refractivity contribution is 7.22. The minimum absolute atomic E-state index is 0.210. The molecule has 1 unspecified atom stereocenters. The number of thiazole rings is 1. The zero-order chi connectivity index (χ0) is 20.7. The van der Waals surface area contributed by atoms with Gasteiger partial charge in [-0.3, -0.25) is 9.78 Å². The highest BCUT2D eigenvalue weighted by atomic mass is 32.1. The van der Waals surface area contributed by atoms with E-state index in [2.05, 4.69) is 34.2 Å². The molecular formula is C23H23N5OS. The van der Waals surface area contributed by atoms with Crippen LogP contribution in [0.15, 0.2) is 54.7 Å². The molecule has 152 valence electrons. The molecule has 1 atom stereocenters. The maximum absolute atomic E-state index is 12.7. The van der Waals surface area contributed by atoms with Crippen molar-refractivity contribution in [3.63, 3.8) is 0 Å². The number of carbonyl (C=O) groups is 1. The summed E-state index contributed by atoms with van der Waals surface area (Å²) in [5.41, 5.74) is 2.13. The number of nitrogens with one attached hydrogen (secondary N) is 1. The second-order valence-corrected chi connectivity index (χ2v) is 8.91. The standard InChI is InChI=1S/C23H23N5OS/c1-27(2)18-9-10-28(14-18)23-26-19-8-7-17(12-21(19)30-23)25-22(29)20-11-15-5-3-4-6-16(15)13-24-20/h3-8,11-13,18H,9-10,14H2,1-2H3,(H,25,29). The van der Waals surface area contributed by atoms with Crippen LogP contribution >= 0.6 is 11.3 Å². The molecule has 2 aromatic heterocycles. The van der Waals surface area contributed by atoms with Crippen LogP contribution in [0, 0.1) is 0 Å². The van der Waals surface area contributed by atoms with Gasteiger partial charge in [-0.15, -0.1) is 0 Å². The van der Waals surface area contributed by atoms with Crippen molar-refractivity contribution in [3.05, 3.63) is 60.4 Å². The van der Waals surface area contributed by atoms with Crippen LogP contribution < -0.4 is 10.2 Å². The van der Waals surface area contributed by atoms with E-state index >= 15 is 0 Å². The lowest BCUT2D eigenvalue weighted by Crippen LogP contribution is -2.31. The first-order valence-electron chi connectivity index (χ1n) is 10.0. The lowest BCUT2D eigenvalue weighted by molar-refractivity contribution is 0.102. The van der Waals surface area contributed by atoms with E-state index in [1.165, 1.54) is 0 Å². The SMILES string of the molecule is CN(C)C1CCN(c2nc3ccc(NC(=O)c4cc5ccccc5cn4)cc3s2)C1. The first kappa shape index (κ1) is 19.0. The Hall–Kier alpha value is -3.03. The molecule has 1 N–H and O–H groups in total. The average molecular weight is 418 g/mol. The van der Waals surface area contributed by atoms with E-state index in [4.69, 9.17) is 4.98 Å². The number of aromatic nitrogens is 2. The van der Waals surface area contributed by atoms with Crippen LogP contribution in [0.3, 0.4) is 0 Å². The van der Waals surface area contributed by atoms with E-state index in [1.54, 1.807) is 17.5 Å². The first-order valence-corrected chi connectivity index (χ1v) is 10.9. The fourth-order valence-corrected chi connectivity index (χ4v) is 4.91. The normalized spacial score (nSPS) is 16.6. The Balaban J connectivity index is 1.35. The number of carbonyl (C=O) groups excluding carboxylic acids is 1. The lowest BCUT2D eigenvalue weighted by atomic mass is 10.1. The van der Waals surface area contributed by atoms with Gasteiger partial charge in [0.15, 0.2) is 5.13 Å². The van der Waals surface area contributed by atoms with Gasteiger partial charge in [-0.05, 0) is 50.2 Å². The van der Waals surface area contributed by atoms with Crippen LogP contribution in [0.4, 0.5) is 10.8 Å². The van der Waals surface area contributed by atoms with Crippen molar-refractivity contribution >= 4 is 49.1 Å². The number of nitrogens with zero attached hydrogens (tertiary/aromatic N) is 4. The van der Waals surface area contributed by atoms with Gasteiger partial charge >= 0.3 is 0 Å². The molecule has 1 aliphatic heterocycles. The molecule has 0 radical (unpaired) electrons. The summed E-state index contributed by atoms with van der Waals surface area (Å²) in [6.07, 6.45) is 2.89. The Morgan fingerprint density at radius 3 is 2.80 bits per heavy atom. The zero-order valence-corrected chi connectivity index (χ0v) is 17.8. The van der Waals surface area contributed by atoms with Crippen molar-refractivity contribution < 1.29 is 4.79 Å². The molecule has 1 aliphatic rings. The van der Waals surface area contributed by atoms with Crippen LogP contribution in [0.1, 0.15) is 16.9 Å². The summed E-state index contributed by atoms with van der Waals surface area (Å²) in [4.78, 5) is 26.5. The summed E-state index contributed by atoms with van der Waals surface area (Å²) in [7, 11) is 4.26. The fraction of sp³-hybridized carbons (Fsp3) is 0.261. The maximum Gasteiger partial charge on any atom is 0.274 e. The molecule has 1 amide bonds. The molecule has 7 heteroatoms. The molecule has 2 aromatic carbocycles. The van der Waals surface area contributed by atoms with Crippen LogP contribution in [0.5, 0.6) is 0 Å². The van der Waals surface area contributed by atoms with Gasteiger partial charge in [-0.25, -0.2) is 4.98 Å². The molecule has 30 heavy (non-hydrogen) atoms. The Morgan fingerprint density at radius 2 is 2.00 bits per heavy atom. The van der Waals surface area contributed by atoms with Gasteiger partial charge < -0.3 is 15.1 Å². The number of pyridine rings is 1. The topological polar surface area (TPSA) is 61.4 Å². The Bertz CT molecular complexity index is 1230. The monoisotopic (exact) mass is 417 g/mol. The highest BCUT2D eigenvalue weighted by Crippen LogP contribution is 2.33. The van der Waals surface area contributed by atoms with Crippen LogP contribution in [-0.2, 0) is 0 Å². The second-order valence-electron chi connectivity index (χ2n) is 7.90. The third-order valence-corrected chi connectivity index (χ3v) is 6.74. The number of anilines is 2. The van der Waals surface area contributed by atoms with Crippen molar-refractivity contribution in [3.8, 4) is 0 Å². The predicted molar refractivity (Wildman–Crippen MR) is 124 cm³/mol. The van der Waals surface area contributed by atoms with E-state index in [1.807, 2.05) is 48.5 Å². The largest absolute Gasteiger partial charge is 0.346 e. The van der Waals surface area contributed by atoms with Gasteiger partial charge in [-0.1, -0.05) is 35.6 Å². The van der Waals surface area contributed by atoms with Gasteiger partial charge in [0.1, 0.15) is 5.69 Å². The van der Waals surface area contributed by atoms with Gasteiger partial charge in [0.2, 0.25) is 0 Å². The van der Waals surface area contributed by atoms with E-state index in [0.29, 0.717) is 11.7 Å². The summed E-state index contributed by atoms with van der Waals surface area (Å²) < 4.78 is 1.07. The molecule has 1 fully saturated rings. The quantitative estimate of drug-likeness (QED) is 0.538. The van der Waals surface area contributed by atoms with E-state index < -0.39 is 0 Å². The molecule has 6 nitrogen and oxygen atoms in total. The van der Waals surface area contributed by atoms with Gasteiger partial charge in [0.05, 0.1) is 10.2 Å². The number of hydrogen-bond donors (Lipinski definition) is 1. The number of likely N-dealkylation sites (N-methyl/N-ethyl adjacent to an activating group) is 1. The minimum Gasteiger partial charge on any atom is -0.346 e. The van der Waals surface area contributed by atoms with Gasteiger partial charge in [-0.2, -0.15) is 0 Å². The minimum atomic E-state index is -0.210. The van der Waals surface area contributed by atoms with E-state index in [0.717, 1.165) is 51.3 Å². The van der Waals surface area contributed by atoms with Gasteiger partial charge in [0.25, 0.3) is 5.91 Å². The molecule has 0 bridgehead atoms. The molecule has 4 aromatic rings. The van der Waals surface area contributed by atoms with Crippen LogP contribution in [-0.4, -0.2) is 54.0 Å². The number of amides is 1. The Labute approximate surface area is 179 Å². The summed E-state index contributed by atoms with van der Waals surface area (Å²) in [5.74, 6) is -0.210. The molecule has 5 rings (SSSR count). The maximum atomic E-state index is 12.7. The third-order valence-electron chi connectivity index (χ3n) is 5.66. The number of hydrogen-bond acceptors (Lipinski definition) is 6. The number of benzene rings is 2. The summed E-state index contributed by atoms with van der Waals surface area (Å²) in [6, 6.07) is 16.2. The molecule has 0 aliphatic carbocycles. The number of fused-ring (bicyclic) bond motifs is 2. The summed E-state index contributed by atoms with van der Waals surface area (Å²) >= 11 is 1.68. The molecule has 0 spiro atoms. The molecular weight excluding hydrogens is 394 g/mol. The van der Waals surface area contributed by atoms with Crippen molar-refractivity contribution in [2.75, 3.05) is 37.4 Å². The highest BCUT2D eigenvalue weighted by Gasteiger charge is 2.26. The van der Waals surface area contributed by atoms with Crippen molar-refractivity contribution in [1.29, 1.82) is 0 Å². The van der Waals surface area contributed by atoms with E-state index in [-0.39, 0.29) is 5.91 Å². The molecule has 3 heterocycles. The van der Waals surface area contributed by atoms with Gasteiger partial charge in [0, 0.05) is 36.4 Å². The van der Waals surface area contributed by atoms with Crippen molar-refractivity contribution in [2.24, 2.45) is 0 Å². The Morgan fingerprint density at radius 1 is 1.17 bits per heavy atom. The Kier molecular flexibility index (Phi) is 4.84. The van der Waals surface area contributed by atoms with Crippen molar-refractivity contribution in [2.45, 2.75) is 12.5 Å². The summed E-state index contributed by atoms with van der Waals surface area (Å²) in [5, 5.41) is 6.04. The molecule has 1 saturated heterocycles. The lowest BCUT2D eigenvalue weighted by Gasteiger charge is -2.19. The second kappa shape index (κ2) is 7.66. The first-order chi connectivity index (χ1) is 14.6. The predicted octanol–water partition coefficient (Wildman–Crippen LogP) is 4.24. The average Bonchev–Trinajstić information content (AvgIpc) is 3.40. The van der Waals surface area contributed by atoms with Crippen LogP contribution in [0.2, 0.25) is 0 Å². The van der Waals surface area contributed by atoms with Crippen LogP contribution in [0.25, 0.3) is 21.0 Å². The fourth-order valence-electron chi connectivity index (χ4n) is 3.87. The van der Waals surface area contributed by atoms with E-state index in [9.17, 15) is 4.79 Å². The molecule has 0 saturated carbocycles. The number of rotatable bonds is 4.